The molecule has 0 atom stereocenters. The molecule has 4 rings (SSSR count). The average Bonchev–Trinajstić information content (AvgIpc) is 3.15. The fourth-order valence-electron chi connectivity index (χ4n) is 3.45. The van der Waals surface area contributed by atoms with E-state index < -0.39 is 5.97 Å². The number of benzene rings is 3. The van der Waals surface area contributed by atoms with Gasteiger partial charge in [0.1, 0.15) is 28.7 Å². The van der Waals surface area contributed by atoms with E-state index in [1.807, 2.05) is 74.5 Å². The molecule has 6 heteroatoms. The number of rotatable bonds is 7. The normalized spacial score (nSPS) is 15.6. The standard InChI is InChI=1S/C29H27NO4S/c1-4-33-29(32)26-27(31)25(35-28(26)30-23-15-11-20(3)12-16-23)17-22-7-5-6-8-24(22)34-18-21-13-9-19(2)10-14-21/h5-17,31H,4,18H2,1-3H3/b25-17-,30-28?. The molecule has 1 N–H and O–H groups in total. The monoisotopic (exact) mass is 485 g/mol. The van der Waals surface area contributed by atoms with Gasteiger partial charge in [0.2, 0.25) is 0 Å². The van der Waals surface area contributed by atoms with E-state index in [0.29, 0.717) is 28.0 Å². The first-order valence-electron chi connectivity index (χ1n) is 11.4. The zero-order chi connectivity index (χ0) is 24.8. The van der Waals surface area contributed by atoms with Crippen LogP contribution < -0.4 is 4.74 Å². The quantitative estimate of drug-likeness (QED) is 0.362. The summed E-state index contributed by atoms with van der Waals surface area (Å²) in [4.78, 5) is 17.8. The van der Waals surface area contributed by atoms with E-state index in [2.05, 4.69) is 17.1 Å². The first-order chi connectivity index (χ1) is 16.9. The number of aliphatic imine (C=N–C) groups is 1. The Morgan fingerprint density at radius 2 is 1.63 bits per heavy atom. The minimum Gasteiger partial charge on any atom is -0.506 e. The van der Waals surface area contributed by atoms with Gasteiger partial charge < -0.3 is 14.6 Å². The van der Waals surface area contributed by atoms with Gasteiger partial charge >= 0.3 is 5.97 Å². The van der Waals surface area contributed by atoms with Gasteiger partial charge in [-0.05, 0) is 50.6 Å². The number of hydrogen-bond acceptors (Lipinski definition) is 6. The molecule has 0 aromatic heterocycles. The van der Waals surface area contributed by atoms with Crippen LogP contribution in [0.4, 0.5) is 5.69 Å². The van der Waals surface area contributed by atoms with E-state index in [1.54, 1.807) is 13.0 Å². The minimum atomic E-state index is -0.601. The number of aliphatic hydroxyl groups is 1. The van der Waals surface area contributed by atoms with Gasteiger partial charge in [0.15, 0.2) is 0 Å². The highest BCUT2D eigenvalue weighted by Gasteiger charge is 2.33. The second kappa shape index (κ2) is 11.1. The number of aryl methyl sites for hydroxylation is 2. The molecular weight excluding hydrogens is 458 g/mol. The van der Waals surface area contributed by atoms with Crippen LogP contribution in [0.25, 0.3) is 6.08 Å². The van der Waals surface area contributed by atoms with Gasteiger partial charge in [-0.1, -0.05) is 77.5 Å². The van der Waals surface area contributed by atoms with Crippen molar-refractivity contribution in [2.75, 3.05) is 6.61 Å². The fourth-order valence-corrected chi connectivity index (χ4v) is 4.47. The summed E-state index contributed by atoms with van der Waals surface area (Å²) in [5, 5.41) is 11.4. The van der Waals surface area contributed by atoms with E-state index in [0.717, 1.165) is 16.7 Å². The lowest BCUT2D eigenvalue weighted by atomic mass is 10.1. The maximum absolute atomic E-state index is 12.7. The van der Waals surface area contributed by atoms with Gasteiger partial charge in [-0.2, -0.15) is 0 Å². The molecule has 1 aliphatic rings. The Bertz CT molecular complexity index is 1310. The highest BCUT2D eigenvalue weighted by Crippen LogP contribution is 2.41. The molecule has 5 nitrogen and oxygen atoms in total. The number of hydrogen-bond donors (Lipinski definition) is 1. The molecule has 0 bridgehead atoms. The third kappa shape index (κ3) is 6.03. The van der Waals surface area contributed by atoms with Crippen molar-refractivity contribution in [3.8, 4) is 5.75 Å². The second-order valence-electron chi connectivity index (χ2n) is 8.12. The Morgan fingerprint density at radius 3 is 2.31 bits per heavy atom. The molecule has 1 aliphatic heterocycles. The molecule has 35 heavy (non-hydrogen) atoms. The van der Waals surface area contributed by atoms with E-state index in [1.165, 1.54) is 17.3 Å². The number of thioether (sulfide) groups is 1. The van der Waals surface area contributed by atoms with Crippen LogP contribution in [0.3, 0.4) is 0 Å². The molecule has 178 valence electrons. The first-order valence-corrected chi connectivity index (χ1v) is 12.2. The lowest BCUT2D eigenvalue weighted by Crippen LogP contribution is -2.12. The maximum atomic E-state index is 12.7. The zero-order valence-electron chi connectivity index (χ0n) is 19.9. The van der Waals surface area contributed by atoms with Crippen LogP contribution in [0.5, 0.6) is 5.75 Å². The molecule has 1 heterocycles. The van der Waals surface area contributed by atoms with Crippen molar-refractivity contribution in [1.29, 1.82) is 0 Å². The van der Waals surface area contributed by atoms with Crippen LogP contribution in [0, 0.1) is 13.8 Å². The molecule has 0 aliphatic carbocycles. The third-order valence-corrected chi connectivity index (χ3v) is 6.38. The molecule has 3 aromatic carbocycles. The Kier molecular flexibility index (Phi) is 7.73. The van der Waals surface area contributed by atoms with Crippen LogP contribution in [0.2, 0.25) is 0 Å². The predicted molar refractivity (Wildman–Crippen MR) is 142 cm³/mol. The Morgan fingerprint density at radius 1 is 0.971 bits per heavy atom. The molecule has 0 unspecified atom stereocenters. The number of nitrogens with zero attached hydrogens (tertiary/aromatic N) is 1. The van der Waals surface area contributed by atoms with Crippen LogP contribution in [-0.4, -0.2) is 22.7 Å². The Labute approximate surface area is 209 Å². The van der Waals surface area contributed by atoms with Crippen molar-refractivity contribution in [2.45, 2.75) is 27.4 Å². The van der Waals surface area contributed by atoms with Crippen molar-refractivity contribution in [3.05, 3.63) is 111 Å². The highest BCUT2D eigenvalue weighted by molar-refractivity contribution is 8.18. The zero-order valence-corrected chi connectivity index (χ0v) is 20.8. The number of ether oxygens (including phenoxy) is 2. The largest absolute Gasteiger partial charge is 0.506 e. The van der Waals surface area contributed by atoms with Crippen molar-refractivity contribution < 1.29 is 19.4 Å². The summed E-state index contributed by atoms with van der Waals surface area (Å²) in [5.74, 6) is -0.0705. The topological polar surface area (TPSA) is 68.1 Å². The van der Waals surface area contributed by atoms with Crippen molar-refractivity contribution >= 4 is 34.5 Å². The van der Waals surface area contributed by atoms with Gasteiger partial charge in [0, 0.05) is 5.56 Å². The molecule has 0 saturated carbocycles. The van der Waals surface area contributed by atoms with Crippen LogP contribution in [0.1, 0.15) is 29.2 Å². The van der Waals surface area contributed by atoms with Gasteiger partial charge in [0.25, 0.3) is 0 Å². The van der Waals surface area contributed by atoms with Gasteiger partial charge in [0.05, 0.1) is 17.2 Å². The van der Waals surface area contributed by atoms with Crippen molar-refractivity contribution in [1.82, 2.24) is 0 Å². The number of aliphatic hydroxyl groups excluding tert-OH is 1. The number of esters is 1. The Balaban J connectivity index is 1.65. The number of para-hydroxylation sites is 1. The molecule has 0 saturated heterocycles. The van der Waals surface area contributed by atoms with Crippen LogP contribution >= 0.6 is 11.8 Å². The van der Waals surface area contributed by atoms with Gasteiger partial charge in [-0.3, -0.25) is 0 Å². The van der Waals surface area contributed by atoms with Gasteiger partial charge in [-0.25, -0.2) is 9.79 Å². The maximum Gasteiger partial charge on any atom is 0.344 e. The number of carbonyl (C=O) groups excluding carboxylic acids is 1. The lowest BCUT2D eigenvalue weighted by molar-refractivity contribution is -0.138. The summed E-state index contributed by atoms with van der Waals surface area (Å²) in [6.07, 6.45) is 1.81. The lowest BCUT2D eigenvalue weighted by Gasteiger charge is -2.10. The third-order valence-electron chi connectivity index (χ3n) is 5.36. The summed E-state index contributed by atoms with van der Waals surface area (Å²) in [6, 6.07) is 23.4. The summed E-state index contributed by atoms with van der Waals surface area (Å²) < 4.78 is 11.3. The van der Waals surface area contributed by atoms with E-state index >= 15 is 0 Å². The first kappa shape index (κ1) is 24.4. The van der Waals surface area contributed by atoms with Crippen LogP contribution in [-0.2, 0) is 16.1 Å². The molecule has 0 radical (unpaired) electrons. The van der Waals surface area contributed by atoms with Crippen molar-refractivity contribution in [3.63, 3.8) is 0 Å². The fraction of sp³-hybridized carbons (Fsp3) is 0.172. The van der Waals surface area contributed by atoms with Crippen molar-refractivity contribution in [2.24, 2.45) is 4.99 Å². The predicted octanol–water partition coefficient (Wildman–Crippen LogP) is 7.08. The van der Waals surface area contributed by atoms with Crippen LogP contribution in [0.15, 0.2) is 94.0 Å². The molecule has 0 spiro atoms. The molecule has 0 fully saturated rings. The average molecular weight is 486 g/mol. The van der Waals surface area contributed by atoms with Gasteiger partial charge in [-0.15, -0.1) is 0 Å². The minimum absolute atomic E-state index is 0.0710. The molecular formula is C29H27NO4S. The van der Waals surface area contributed by atoms with E-state index in [-0.39, 0.29) is 17.9 Å². The summed E-state index contributed by atoms with van der Waals surface area (Å²) in [6.45, 7) is 6.39. The number of carbonyl (C=O) groups is 1. The van der Waals surface area contributed by atoms with E-state index in [4.69, 9.17) is 9.47 Å². The summed E-state index contributed by atoms with van der Waals surface area (Å²) in [5.41, 5.74) is 4.92. The highest BCUT2D eigenvalue weighted by atomic mass is 32.2. The second-order valence-corrected chi connectivity index (χ2v) is 9.15. The SMILES string of the molecule is CCOC(=O)C1=C(O)/C(=C/c2ccccc2OCc2ccc(C)cc2)SC1=Nc1ccc(C)cc1. The smallest absolute Gasteiger partial charge is 0.344 e. The molecule has 3 aromatic rings. The summed E-state index contributed by atoms with van der Waals surface area (Å²) in [7, 11) is 0. The molecule has 0 amide bonds. The summed E-state index contributed by atoms with van der Waals surface area (Å²) >= 11 is 1.23. The van der Waals surface area contributed by atoms with E-state index in [9.17, 15) is 9.90 Å². The Hall–Kier alpha value is -3.77.